The predicted molar refractivity (Wildman–Crippen MR) is 74.6 cm³/mol. The zero-order valence-electron chi connectivity index (χ0n) is 10.6. The van der Waals surface area contributed by atoms with E-state index in [2.05, 4.69) is 10.6 Å². The Morgan fingerprint density at radius 3 is 2.47 bits per heavy atom. The predicted octanol–water partition coefficient (Wildman–Crippen LogP) is 2.59. The monoisotopic (exact) mass is 252 g/mol. The molecule has 0 aromatic heterocycles. The first-order chi connectivity index (χ1) is 8.21. The van der Waals surface area contributed by atoms with Crippen LogP contribution in [-0.4, -0.2) is 25.8 Å². The van der Waals surface area contributed by atoms with Gasteiger partial charge in [-0.15, -0.1) is 11.8 Å². The van der Waals surface area contributed by atoms with Crippen molar-refractivity contribution >= 4 is 23.4 Å². The molecule has 94 valence electrons. The molecular weight excluding hydrogens is 232 g/mol. The van der Waals surface area contributed by atoms with E-state index in [0.29, 0.717) is 6.54 Å². The van der Waals surface area contributed by atoms with Gasteiger partial charge in [0.1, 0.15) is 0 Å². The molecule has 2 N–H and O–H groups in total. The molecule has 0 bridgehead atoms. The van der Waals surface area contributed by atoms with Crippen molar-refractivity contribution in [3.63, 3.8) is 0 Å². The zero-order valence-corrected chi connectivity index (χ0v) is 11.4. The number of carbonyl (C=O) groups is 1. The molecule has 4 heteroatoms. The summed E-state index contributed by atoms with van der Waals surface area (Å²) < 4.78 is 0. The molecule has 0 radical (unpaired) electrons. The molecule has 0 heterocycles. The van der Waals surface area contributed by atoms with Gasteiger partial charge in [-0.25, -0.2) is 0 Å². The second-order valence-corrected chi connectivity index (χ2v) is 4.76. The Kier molecular flexibility index (Phi) is 6.08. The van der Waals surface area contributed by atoms with Gasteiger partial charge >= 0.3 is 0 Å². The number of hydrogen-bond acceptors (Lipinski definition) is 3. The van der Waals surface area contributed by atoms with Crippen LogP contribution in [0.15, 0.2) is 29.2 Å². The van der Waals surface area contributed by atoms with Gasteiger partial charge in [0.25, 0.3) is 0 Å². The van der Waals surface area contributed by atoms with E-state index < -0.39 is 0 Å². The van der Waals surface area contributed by atoms with Crippen LogP contribution in [0.25, 0.3) is 0 Å². The number of anilines is 1. The highest BCUT2D eigenvalue weighted by Gasteiger charge is 2.15. The van der Waals surface area contributed by atoms with Gasteiger partial charge in [0, 0.05) is 17.1 Å². The third kappa shape index (κ3) is 4.40. The summed E-state index contributed by atoms with van der Waals surface area (Å²) in [7, 11) is 1.86. The fraction of sp³-hybridized carbons (Fsp3) is 0.462. The van der Waals surface area contributed by atoms with E-state index >= 15 is 0 Å². The molecular formula is C13H20N2OS. The van der Waals surface area contributed by atoms with Crippen molar-refractivity contribution in [3.8, 4) is 0 Å². The molecule has 0 saturated heterocycles. The van der Waals surface area contributed by atoms with E-state index in [-0.39, 0.29) is 11.8 Å². The molecule has 1 unspecified atom stereocenters. The molecule has 0 aliphatic carbocycles. The summed E-state index contributed by atoms with van der Waals surface area (Å²) in [5, 5.41) is 5.98. The number of hydrogen-bond donors (Lipinski definition) is 2. The summed E-state index contributed by atoms with van der Waals surface area (Å²) in [6.07, 6.45) is 2.88. The summed E-state index contributed by atoms with van der Waals surface area (Å²) in [6.45, 7) is 2.74. The number of rotatable bonds is 6. The Morgan fingerprint density at radius 2 is 2.00 bits per heavy atom. The normalized spacial score (nSPS) is 12.2. The quantitative estimate of drug-likeness (QED) is 0.765. The van der Waals surface area contributed by atoms with Crippen LogP contribution in [0.2, 0.25) is 0 Å². The smallest absolute Gasteiger partial charge is 0.228 e. The second kappa shape index (κ2) is 7.35. The largest absolute Gasteiger partial charge is 0.326 e. The van der Waals surface area contributed by atoms with Crippen molar-refractivity contribution in [2.45, 2.75) is 18.2 Å². The van der Waals surface area contributed by atoms with Crippen molar-refractivity contribution in [3.05, 3.63) is 24.3 Å². The first kappa shape index (κ1) is 14.1. The van der Waals surface area contributed by atoms with Crippen LogP contribution in [-0.2, 0) is 4.79 Å². The lowest BCUT2D eigenvalue weighted by Crippen LogP contribution is -2.30. The van der Waals surface area contributed by atoms with Crippen LogP contribution in [0.5, 0.6) is 0 Å². The summed E-state index contributed by atoms with van der Waals surface area (Å²) in [5.41, 5.74) is 0.863. The highest BCUT2D eigenvalue weighted by Crippen LogP contribution is 2.18. The Hall–Kier alpha value is -1.00. The van der Waals surface area contributed by atoms with E-state index in [1.165, 1.54) is 4.90 Å². The van der Waals surface area contributed by atoms with Gasteiger partial charge in [-0.05, 0) is 44.0 Å². The Morgan fingerprint density at radius 1 is 1.35 bits per heavy atom. The standard InChI is InChI=1S/C13H20N2OS/c1-4-10(9-14-2)13(16)15-11-5-7-12(17-3)8-6-11/h5-8,10,14H,4,9H2,1-3H3,(H,15,16). The highest BCUT2D eigenvalue weighted by molar-refractivity contribution is 7.98. The number of nitrogens with one attached hydrogen (secondary N) is 2. The van der Waals surface area contributed by atoms with Gasteiger partial charge in [-0.3, -0.25) is 4.79 Å². The van der Waals surface area contributed by atoms with Crippen LogP contribution < -0.4 is 10.6 Å². The van der Waals surface area contributed by atoms with Crippen molar-refractivity contribution in [2.24, 2.45) is 5.92 Å². The van der Waals surface area contributed by atoms with Crippen molar-refractivity contribution in [1.82, 2.24) is 5.32 Å². The maximum absolute atomic E-state index is 11.9. The molecule has 3 nitrogen and oxygen atoms in total. The average molecular weight is 252 g/mol. The molecule has 1 aromatic carbocycles. The van der Waals surface area contributed by atoms with Crippen LogP contribution >= 0.6 is 11.8 Å². The molecule has 0 aliphatic rings. The Labute approximate surface area is 107 Å². The molecule has 0 saturated carbocycles. The number of amides is 1. The Balaban J connectivity index is 2.59. The molecule has 1 amide bonds. The van der Waals surface area contributed by atoms with E-state index in [1.54, 1.807) is 11.8 Å². The molecule has 1 rings (SSSR count). The lowest BCUT2D eigenvalue weighted by molar-refractivity contribution is -0.119. The van der Waals surface area contributed by atoms with Crippen LogP contribution in [0.1, 0.15) is 13.3 Å². The van der Waals surface area contributed by atoms with Gasteiger partial charge in [0.15, 0.2) is 0 Å². The molecule has 0 fully saturated rings. The van der Waals surface area contributed by atoms with E-state index in [4.69, 9.17) is 0 Å². The third-order valence-corrected chi connectivity index (χ3v) is 3.42. The van der Waals surface area contributed by atoms with Crippen molar-refractivity contribution < 1.29 is 4.79 Å². The molecule has 17 heavy (non-hydrogen) atoms. The Bertz CT molecular complexity index is 351. The van der Waals surface area contributed by atoms with Crippen LogP contribution in [0.4, 0.5) is 5.69 Å². The SMILES string of the molecule is CCC(CNC)C(=O)Nc1ccc(SC)cc1. The summed E-state index contributed by atoms with van der Waals surface area (Å²) in [4.78, 5) is 13.1. The third-order valence-electron chi connectivity index (χ3n) is 2.67. The first-order valence-corrected chi connectivity index (χ1v) is 7.03. The van der Waals surface area contributed by atoms with E-state index in [0.717, 1.165) is 12.1 Å². The second-order valence-electron chi connectivity index (χ2n) is 3.88. The molecule has 1 aromatic rings. The minimum absolute atomic E-state index is 0.0280. The van der Waals surface area contributed by atoms with Crippen molar-refractivity contribution in [2.75, 3.05) is 25.2 Å². The van der Waals surface area contributed by atoms with Gasteiger partial charge in [0.2, 0.25) is 5.91 Å². The fourth-order valence-electron chi connectivity index (χ4n) is 1.59. The van der Waals surface area contributed by atoms with Crippen LogP contribution in [0, 0.1) is 5.92 Å². The van der Waals surface area contributed by atoms with E-state index in [1.807, 2.05) is 44.5 Å². The molecule has 0 aliphatic heterocycles. The van der Waals surface area contributed by atoms with Gasteiger partial charge in [-0.1, -0.05) is 6.92 Å². The lowest BCUT2D eigenvalue weighted by Gasteiger charge is -2.14. The van der Waals surface area contributed by atoms with Crippen LogP contribution in [0.3, 0.4) is 0 Å². The maximum atomic E-state index is 11.9. The number of carbonyl (C=O) groups excluding carboxylic acids is 1. The summed E-state index contributed by atoms with van der Waals surface area (Å²) >= 11 is 1.69. The highest BCUT2D eigenvalue weighted by atomic mass is 32.2. The molecule has 1 atom stereocenters. The minimum atomic E-state index is 0.0280. The van der Waals surface area contributed by atoms with Gasteiger partial charge < -0.3 is 10.6 Å². The number of benzene rings is 1. The molecule has 0 spiro atoms. The average Bonchev–Trinajstić information content (AvgIpc) is 2.36. The maximum Gasteiger partial charge on any atom is 0.228 e. The lowest BCUT2D eigenvalue weighted by atomic mass is 10.1. The minimum Gasteiger partial charge on any atom is -0.326 e. The first-order valence-electron chi connectivity index (χ1n) is 5.80. The fourth-order valence-corrected chi connectivity index (χ4v) is 2.00. The number of thioether (sulfide) groups is 1. The van der Waals surface area contributed by atoms with Gasteiger partial charge in [0.05, 0.1) is 5.92 Å². The topological polar surface area (TPSA) is 41.1 Å². The summed E-state index contributed by atoms with van der Waals surface area (Å²) in [6, 6.07) is 7.91. The van der Waals surface area contributed by atoms with E-state index in [9.17, 15) is 4.79 Å². The van der Waals surface area contributed by atoms with Crippen molar-refractivity contribution in [1.29, 1.82) is 0 Å². The summed E-state index contributed by atoms with van der Waals surface area (Å²) in [5.74, 6) is 0.110. The zero-order chi connectivity index (χ0) is 12.7. The van der Waals surface area contributed by atoms with Gasteiger partial charge in [-0.2, -0.15) is 0 Å².